The van der Waals surface area contributed by atoms with E-state index in [4.69, 9.17) is 4.74 Å². The van der Waals surface area contributed by atoms with Crippen LogP contribution in [-0.4, -0.2) is 22.1 Å². The number of nitrogens with zero attached hydrogens (tertiary/aromatic N) is 1. The van der Waals surface area contributed by atoms with Crippen molar-refractivity contribution in [2.45, 2.75) is 52.8 Å². The number of ether oxygens (including phenoxy) is 1. The number of hydrogen-bond donors (Lipinski definition) is 2. The maximum absolute atomic E-state index is 11.8. The molecule has 5 heteroatoms. The number of H-pyrrole nitrogens is 1. The lowest BCUT2D eigenvalue weighted by Crippen LogP contribution is -2.36. The number of nitrogens with one attached hydrogen (secondary N) is 2. The molecule has 0 bridgehead atoms. The Hall–Kier alpha value is -1.20. The highest BCUT2D eigenvalue weighted by Gasteiger charge is 2.10. The number of hydrogen-bond acceptors (Lipinski definition) is 4. The van der Waals surface area contributed by atoms with Crippen LogP contribution < -0.4 is 10.9 Å². The summed E-state index contributed by atoms with van der Waals surface area (Å²) >= 11 is 0. The van der Waals surface area contributed by atoms with Gasteiger partial charge in [0.25, 0.3) is 5.56 Å². The molecule has 0 atom stereocenters. The fourth-order valence-corrected chi connectivity index (χ4v) is 1.33. The molecule has 0 amide bonds. The monoisotopic (exact) mass is 253 g/mol. The second-order valence-electron chi connectivity index (χ2n) is 5.34. The van der Waals surface area contributed by atoms with E-state index in [1.54, 1.807) is 6.20 Å². The summed E-state index contributed by atoms with van der Waals surface area (Å²) in [5.41, 5.74) is 0.524. The van der Waals surface area contributed by atoms with Gasteiger partial charge in [-0.3, -0.25) is 4.79 Å². The van der Waals surface area contributed by atoms with Gasteiger partial charge in [0.15, 0.2) is 0 Å². The maximum atomic E-state index is 11.8. The molecule has 0 aliphatic rings. The first-order valence-corrected chi connectivity index (χ1v) is 6.32. The zero-order chi connectivity index (χ0) is 13.6. The van der Waals surface area contributed by atoms with Gasteiger partial charge in [-0.05, 0) is 27.2 Å². The van der Waals surface area contributed by atoms with E-state index in [1.807, 2.05) is 6.92 Å². The first-order valence-electron chi connectivity index (χ1n) is 6.32. The molecule has 1 heterocycles. The summed E-state index contributed by atoms with van der Waals surface area (Å²) in [5.74, 6) is 0.577. The molecule has 102 valence electrons. The third-order valence-corrected chi connectivity index (χ3v) is 2.32. The van der Waals surface area contributed by atoms with Crippen molar-refractivity contribution < 1.29 is 4.74 Å². The van der Waals surface area contributed by atoms with Crippen LogP contribution in [0, 0.1) is 0 Å². The van der Waals surface area contributed by atoms with Crippen molar-refractivity contribution >= 4 is 0 Å². The SMILES string of the molecule is CCCOCc1ncc(CNC(C)(C)C)c(=O)[nH]1. The minimum atomic E-state index is -0.100. The Bertz CT molecular complexity index is 421. The van der Waals surface area contributed by atoms with Crippen molar-refractivity contribution in [2.24, 2.45) is 0 Å². The van der Waals surface area contributed by atoms with Gasteiger partial charge in [-0.2, -0.15) is 0 Å². The second kappa shape index (κ2) is 6.66. The van der Waals surface area contributed by atoms with Gasteiger partial charge in [0.2, 0.25) is 0 Å². The molecule has 1 aromatic heterocycles. The summed E-state index contributed by atoms with van der Waals surface area (Å²) in [6.45, 7) is 9.76. The van der Waals surface area contributed by atoms with Crippen LogP contribution >= 0.6 is 0 Å². The molecule has 0 saturated carbocycles. The quantitative estimate of drug-likeness (QED) is 0.755. The number of rotatable bonds is 6. The van der Waals surface area contributed by atoms with E-state index < -0.39 is 0 Å². The first kappa shape index (κ1) is 14.9. The van der Waals surface area contributed by atoms with E-state index in [1.165, 1.54) is 0 Å². The van der Waals surface area contributed by atoms with Crippen molar-refractivity contribution in [3.05, 3.63) is 27.9 Å². The van der Waals surface area contributed by atoms with Crippen LogP contribution in [0.4, 0.5) is 0 Å². The summed E-state index contributed by atoms with van der Waals surface area (Å²) in [6.07, 6.45) is 2.57. The van der Waals surface area contributed by atoms with Gasteiger partial charge < -0.3 is 15.0 Å². The molecule has 2 N–H and O–H groups in total. The van der Waals surface area contributed by atoms with Gasteiger partial charge in [0.05, 0.1) is 0 Å². The Kier molecular flexibility index (Phi) is 5.50. The zero-order valence-electron chi connectivity index (χ0n) is 11.7. The van der Waals surface area contributed by atoms with Crippen molar-refractivity contribution in [1.82, 2.24) is 15.3 Å². The second-order valence-corrected chi connectivity index (χ2v) is 5.34. The molecule has 18 heavy (non-hydrogen) atoms. The lowest BCUT2D eigenvalue weighted by molar-refractivity contribution is 0.116. The number of aromatic nitrogens is 2. The van der Waals surface area contributed by atoms with Gasteiger partial charge in [-0.25, -0.2) is 4.98 Å². The van der Waals surface area contributed by atoms with E-state index in [0.29, 0.717) is 31.1 Å². The Morgan fingerprint density at radius 2 is 2.17 bits per heavy atom. The molecule has 1 aromatic rings. The van der Waals surface area contributed by atoms with Crippen LogP contribution in [0.25, 0.3) is 0 Å². The van der Waals surface area contributed by atoms with E-state index in [0.717, 1.165) is 6.42 Å². The average Bonchev–Trinajstić information content (AvgIpc) is 2.27. The minimum absolute atomic E-state index is 0.0185. The van der Waals surface area contributed by atoms with E-state index in [9.17, 15) is 4.79 Å². The lowest BCUT2D eigenvalue weighted by atomic mass is 10.1. The first-order chi connectivity index (χ1) is 8.42. The van der Waals surface area contributed by atoms with Crippen LogP contribution in [0.15, 0.2) is 11.0 Å². The molecule has 0 radical (unpaired) electrons. The molecule has 5 nitrogen and oxygen atoms in total. The molecule has 0 saturated heterocycles. The van der Waals surface area contributed by atoms with Crippen molar-refractivity contribution in [3.8, 4) is 0 Å². The predicted molar refractivity (Wildman–Crippen MR) is 71.4 cm³/mol. The van der Waals surface area contributed by atoms with Crippen molar-refractivity contribution in [1.29, 1.82) is 0 Å². The normalized spacial score (nSPS) is 11.8. The van der Waals surface area contributed by atoms with Gasteiger partial charge in [-0.1, -0.05) is 6.92 Å². The Morgan fingerprint density at radius 1 is 1.44 bits per heavy atom. The maximum Gasteiger partial charge on any atom is 0.255 e. The Labute approximate surface area is 108 Å². The Morgan fingerprint density at radius 3 is 2.72 bits per heavy atom. The fraction of sp³-hybridized carbons (Fsp3) is 0.692. The van der Waals surface area contributed by atoms with Crippen LogP contribution in [-0.2, 0) is 17.9 Å². The van der Waals surface area contributed by atoms with Gasteiger partial charge in [0, 0.05) is 30.5 Å². The molecular formula is C13H23N3O2. The molecular weight excluding hydrogens is 230 g/mol. The highest BCUT2D eigenvalue weighted by Crippen LogP contribution is 2.00. The third kappa shape index (κ3) is 5.42. The Balaban J connectivity index is 2.60. The van der Waals surface area contributed by atoms with Crippen molar-refractivity contribution in [3.63, 3.8) is 0 Å². The predicted octanol–water partition coefficient (Wildman–Crippen LogP) is 1.58. The summed E-state index contributed by atoms with van der Waals surface area (Å²) < 4.78 is 5.33. The topological polar surface area (TPSA) is 67.0 Å². The molecule has 0 aromatic carbocycles. The molecule has 1 rings (SSSR count). The van der Waals surface area contributed by atoms with Crippen molar-refractivity contribution in [2.75, 3.05) is 6.61 Å². The van der Waals surface area contributed by atoms with Gasteiger partial charge in [-0.15, -0.1) is 0 Å². The van der Waals surface area contributed by atoms with Crippen LogP contribution in [0.2, 0.25) is 0 Å². The highest BCUT2D eigenvalue weighted by atomic mass is 16.5. The standard InChI is InChI=1S/C13H23N3O2/c1-5-6-18-9-11-14-7-10(12(17)16-11)8-15-13(2,3)4/h7,15H,5-6,8-9H2,1-4H3,(H,14,16,17). The van der Waals surface area contributed by atoms with Gasteiger partial charge >= 0.3 is 0 Å². The van der Waals surface area contributed by atoms with Crippen LogP contribution in [0.5, 0.6) is 0 Å². The smallest absolute Gasteiger partial charge is 0.255 e. The van der Waals surface area contributed by atoms with E-state index in [2.05, 4.69) is 36.1 Å². The molecule has 0 aliphatic heterocycles. The number of aromatic amines is 1. The van der Waals surface area contributed by atoms with Crippen LogP contribution in [0.3, 0.4) is 0 Å². The van der Waals surface area contributed by atoms with E-state index >= 15 is 0 Å². The third-order valence-electron chi connectivity index (χ3n) is 2.32. The largest absolute Gasteiger partial charge is 0.374 e. The minimum Gasteiger partial charge on any atom is -0.374 e. The zero-order valence-corrected chi connectivity index (χ0v) is 11.7. The summed E-state index contributed by atoms with van der Waals surface area (Å²) in [5, 5.41) is 3.26. The summed E-state index contributed by atoms with van der Waals surface area (Å²) in [6, 6.07) is 0. The molecule has 0 fully saturated rings. The molecule has 0 unspecified atom stereocenters. The lowest BCUT2D eigenvalue weighted by Gasteiger charge is -2.20. The van der Waals surface area contributed by atoms with E-state index in [-0.39, 0.29) is 11.1 Å². The summed E-state index contributed by atoms with van der Waals surface area (Å²) in [4.78, 5) is 18.7. The fourth-order valence-electron chi connectivity index (χ4n) is 1.33. The summed E-state index contributed by atoms with van der Waals surface area (Å²) in [7, 11) is 0. The molecule has 0 aliphatic carbocycles. The average molecular weight is 253 g/mol. The van der Waals surface area contributed by atoms with Gasteiger partial charge in [0.1, 0.15) is 12.4 Å². The molecule has 0 spiro atoms. The highest BCUT2D eigenvalue weighted by molar-refractivity contribution is 5.05. The van der Waals surface area contributed by atoms with Crippen LogP contribution in [0.1, 0.15) is 45.5 Å².